The molecule has 2 atom stereocenters. The van der Waals surface area contributed by atoms with Gasteiger partial charge in [-0.05, 0) is 24.9 Å². The standard InChI is InChI=1S/C12H12ClFN2O/c1-6-2-3-15-11(6)12-16-9-4-7(13)8(14)5-10(9)17-12/h4-6,11,15H,2-3H2,1H3. The number of rotatable bonds is 1. The monoisotopic (exact) mass is 254 g/mol. The zero-order valence-corrected chi connectivity index (χ0v) is 10.1. The first-order chi connectivity index (χ1) is 8.15. The molecule has 1 aliphatic rings. The minimum atomic E-state index is -0.478. The van der Waals surface area contributed by atoms with Crippen LogP contribution in [-0.4, -0.2) is 11.5 Å². The van der Waals surface area contributed by atoms with Crippen LogP contribution in [0.5, 0.6) is 0 Å². The van der Waals surface area contributed by atoms with Crippen LogP contribution in [0.25, 0.3) is 11.1 Å². The van der Waals surface area contributed by atoms with Gasteiger partial charge in [0.25, 0.3) is 0 Å². The number of aromatic nitrogens is 1. The first-order valence-corrected chi connectivity index (χ1v) is 6.02. The van der Waals surface area contributed by atoms with Gasteiger partial charge in [0.2, 0.25) is 5.89 Å². The van der Waals surface area contributed by atoms with Crippen molar-refractivity contribution in [3.05, 3.63) is 28.9 Å². The van der Waals surface area contributed by atoms with E-state index < -0.39 is 5.82 Å². The molecule has 1 N–H and O–H groups in total. The summed E-state index contributed by atoms with van der Waals surface area (Å²) in [6.45, 7) is 3.10. The van der Waals surface area contributed by atoms with E-state index in [2.05, 4.69) is 17.2 Å². The molecule has 2 heterocycles. The van der Waals surface area contributed by atoms with E-state index in [1.807, 2.05) is 0 Å². The van der Waals surface area contributed by atoms with E-state index >= 15 is 0 Å². The first kappa shape index (κ1) is 11.0. The summed E-state index contributed by atoms with van der Waals surface area (Å²) in [5, 5.41) is 3.40. The highest BCUT2D eigenvalue weighted by Crippen LogP contribution is 2.31. The Kier molecular flexibility index (Phi) is 2.56. The van der Waals surface area contributed by atoms with Gasteiger partial charge in [-0.15, -0.1) is 0 Å². The summed E-state index contributed by atoms with van der Waals surface area (Å²) in [5.74, 6) is 0.615. The van der Waals surface area contributed by atoms with Crippen molar-refractivity contribution in [3.8, 4) is 0 Å². The van der Waals surface area contributed by atoms with Crippen LogP contribution in [-0.2, 0) is 0 Å². The number of halogens is 2. The minimum absolute atomic E-state index is 0.0739. The summed E-state index contributed by atoms with van der Waals surface area (Å²) in [6.07, 6.45) is 1.10. The van der Waals surface area contributed by atoms with E-state index in [1.165, 1.54) is 12.1 Å². The van der Waals surface area contributed by atoms with Crippen LogP contribution >= 0.6 is 11.6 Å². The molecule has 1 aromatic heterocycles. The molecule has 3 nitrogen and oxygen atoms in total. The second-order valence-electron chi connectivity index (χ2n) is 4.48. The predicted octanol–water partition coefficient (Wildman–Crippen LogP) is 3.29. The lowest BCUT2D eigenvalue weighted by Crippen LogP contribution is -2.16. The summed E-state index contributed by atoms with van der Waals surface area (Å²) in [7, 11) is 0. The molecule has 0 aliphatic carbocycles. The number of oxazole rings is 1. The lowest BCUT2D eigenvalue weighted by atomic mass is 10.0. The second kappa shape index (κ2) is 3.96. The Bertz CT molecular complexity index is 530. The zero-order chi connectivity index (χ0) is 12.0. The van der Waals surface area contributed by atoms with Crippen LogP contribution in [0.15, 0.2) is 16.5 Å². The van der Waals surface area contributed by atoms with Crippen molar-refractivity contribution in [1.29, 1.82) is 0 Å². The van der Waals surface area contributed by atoms with Crippen LogP contribution in [0.4, 0.5) is 4.39 Å². The molecule has 1 fully saturated rings. The smallest absolute Gasteiger partial charge is 0.212 e. The Morgan fingerprint density at radius 3 is 3.06 bits per heavy atom. The number of nitrogens with one attached hydrogen (secondary N) is 1. The fraction of sp³-hybridized carbons (Fsp3) is 0.417. The molecule has 2 unspecified atom stereocenters. The van der Waals surface area contributed by atoms with Crippen molar-refractivity contribution in [2.45, 2.75) is 19.4 Å². The van der Waals surface area contributed by atoms with Crippen molar-refractivity contribution in [2.24, 2.45) is 5.92 Å². The Balaban J connectivity index is 2.07. The molecule has 17 heavy (non-hydrogen) atoms. The molecule has 2 aromatic rings. The molecule has 90 valence electrons. The average Bonchev–Trinajstić information content (AvgIpc) is 2.85. The summed E-state index contributed by atoms with van der Waals surface area (Å²) in [5.41, 5.74) is 1.05. The second-order valence-corrected chi connectivity index (χ2v) is 4.89. The summed E-state index contributed by atoms with van der Waals surface area (Å²) in [4.78, 5) is 4.37. The lowest BCUT2D eigenvalue weighted by molar-refractivity contribution is 0.393. The molecule has 0 amide bonds. The van der Waals surface area contributed by atoms with Crippen molar-refractivity contribution in [2.75, 3.05) is 6.54 Å². The third-order valence-electron chi connectivity index (χ3n) is 3.25. The van der Waals surface area contributed by atoms with Crippen LogP contribution < -0.4 is 5.32 Å². The Morgan fingerprint density at radius 1 is 1.53 bits per heavy atom. The van der Waals surface area contributed by atoms with Crippen LogP contribution in [0.2, 0.25) is 5.02 Å². The molecule has 0 radical (unpaired) electrons. The van der Waals surface area contributed by atoms with Gasteiger partial charge in [0.05, 0.1) is 11.1 Å². The zero-order valence-electron chi connectivity index (χ0n) is 9.34. The summed E-state index contributed by atoms with van der Waals surface area (Å²) < 4.78 is 18.9. The first-order valence-electron chi connectivity index (χ1n) is 5.64. The van der Waals surface area contributed by atoms with E-state index in [-0.39, 0.29) is 11.1 Å². The van der Waals surface area contributed by atoms with Gasteiger partial charge in [-0.2, -0.15) is 0 Å². The number of nitrogens with zero attached hydrogens (tertiary/aromatic N) is 1. The Morgan fingerprint density at radius 2 is 2.35 bits per heavy atom. The maximum Gasteiger partial charge on any atom is 0.212 e. The van der Waals surface area contributed by atoms with Crippen molar-refractivity contribution >= 4 is 22.7 Å². The van der Waals surface area contributed by atoms with E-state index in [0.717, 1.165) is 13.0 Å². The Labute approximate surface area is 103 Å². The van der Waals surface area contributed by atoms with Crippen LogP contribution in [0, 0.1) is 11.7 Å². The van der Waals surface area contributed by atoms with Gasteiger partial charge in [-0.1, -0.05) is 18.5 Å². The molecule has 3 rings (SSSR count). The van der Waals surface area contributed by atoms with Crippen LogP contribution in [0.3, 0.4) is 0 Å². The topological polar surface area (TPSA) is 38.1 Å². The van der Waals surface area contributed by atoms with Gasteiger partial charge >= 0.3 is 0 Å². The highest BCUT2D eigenvalue weighted by molar-refractivity contribution is 6.31. The van der Waals surface area contributed by atoms with Gasteiger partial charge in [-0.25, -0.2) is 9.37 Å². The molecular formula is C12H12ClFN2O. The molecule has 0 spiro atoms. The minimum Gasteiger partial charge on any atom is -0.439 e. The van der Waals surface area contributed by atoms with Gasteiger partial charge in [0.1, 0.15) is 11.3 Å². The summed E-state index contributed by atoms with van der Waals surface area (Å²) >= 11 is 5.71. The van der Waals surface area contributed by atoms with Gasteiger partial charge in [-0.3, -0.25) is 0 Å². The third kappa shape index (κ3) is 1.81. The van der Waals surface area contributed by atoms with Crippen molar-refractivity contribution in [3.63, 3.8) is 0 Å². The van der Waals surface area contributed by atoms with E-state index in [0.29, 0.717) is 22.9 Å². The maximum absolute atomic E-state index is 13.3. The largest absolute Gasteiger partial charge is 0.439 e. The summed E-state index contributed by atoms with van der Waals surface area (Å²) in [6, 6.07) is 2.90. The number of fused-ring (bicyclic) bond motifs is 1. The Hall–Kier alpha value is -1.13. The number of benzene rings is 1. The SMILES string of the molecule is CC1CCNC1c1nc2cc(Cl)c(F)cc2o1. The fourth-order valence-electron chi connectivity index (χ4n) is 2.24. The fourth-order valence-corrected chi connectivity index (χ4v) is 2.40. The van der Waals surface area contributed by atoms with Crippen LogP contribution in [0.1, 0.15) is 25.3 Å². The average molecular weight is 255 g/mol. The van der Waals surface area contributed by atoms with Crippen molar-refractivity contribution in [1.82, 2.24) is 10.3 Å². The highest BCUT2D eigenvalue weighted by Gasteiger charge is 2.28. The quantitative estimate of drug-likeness (QED) is 0.849. The molecule has 1 aromatic carbocycles. The predicted molar refractivity (Wildman–Crippen MR) is 63.5 cm³/mol. The molecule has 5 heteroatoms. The van der Waals surface area contributed by atoms with E-state index in [9.17, 15) is 4.39 Å². The molecule has 0 bridgehead atoms. The van der Waals surface area contributed by atoms with Gasteiger partial charge in [0, 0.05) is 6.07 Å². The molecule has 1 aliphatic heterocycles. The normalized spacial score (nSPS) is 24.6. The highest BCUT2D eigenvalue weighted by atomic mass is 35.5. The lowest BCUT2D eigenvalue weighted by Gasteiger charge is -2.10. The number of hydrogen-bond acceptors (Lipinski definition) is 3. The van der Waals surface area contributed by atoms with E-state index in [1.54, 1.807) is 0 Å². The van der Waals surface area contributed by atoms with E-state index in [4.69, 9.17) is 16.0 Å². The number of hydrogen-bond donors (Lipinski definition) is 1. The molecule has 0 saturated carbocycles. The van der Waals surface area contributed by atoms with Crippen molar-refractivity contribution < 1.29 is 8.81 Å². The van der Waals surface area contributed by atoms with Gasteiger partial charge < -0.3 is 9.73 Å². The van der Waals surface area contributed by atoms with Gasteiger partial charge in [0.15, 0.2) is 5.58 Å². The molecular weight excluding hydrogens is 243 g/mol. The molecule has 1 saturated heterocycles. The third-order valence-corrected chi connectivity index (χ3v) is 3.54. The maximum atomic E-state index is 13.3.